The summed E-state index contributed by atoms with van der Waals surface area (Å²) in [5.74, 6) is -0.916. The molecule has 0 heterocycles. The van der Waals surface area contributed by atoms with E-state index < -0.39 is 11.9 Å². The molecule has 11 heavy (non-hydrogen) atoms. The minimum absolute atomic E-state index is 0.358. The number of nitrogens with zero attached hydrogens (tertiary/aromatic N) is 1. The summed E-state index contributed by atoms with van der Waals surface area (Å²) in [4.78, 5) is 20.3. The van der Waals surface area contributed by atoms with Gasteiger partial charge in [0.1, 0.15) is 11.6 Å². The van der Waals surface area contributed by atoms with Crippen molar-refractivity contribution in [2.45, 2.75) is 0 Å². The van der Waals surface area contributed by atoms with Crippen molar-refractivity contribution >= 4 is 11.9 Å². The maximum absolute atomic E-state index is 10.3. The highest BCUT2D eigenvalue weighted by molar-refractivity contribution is 5.96. The zero-order valence-electron chi connectivity index (χ0n) is 5.50. The zero-order chi connectivity index (χ0) is 8.85. The third-order valence-corrected chi connectivity index (χ3v) is 0.745. The molecule has 0 bridgehead atoms. The molecule has 0 aliphatic carbocycles. The van der Waals surface area contributed by atoms with Gasteiger partial charge in [-0.25, -0.2) is 4.79 Å². The zero-order valence-corrected chi connectivity index (χ0v) is 5.50. The number of rotatable bonds is 2. The highest BCUT2D eigenvalue weighted by Gasteiger charge is 2.01. The van der Waals surface area contributed by atoms with E-state index in [0.717, 1.165) is 6.20 Å². The van der Waals surface area contributed by atoms with E-state index in [2.05, 4.69) is 5.73 Å². The predicted molar refractivity (Wildman–Crippen MR) is 35.6 cm³/mol. The molecule has 0 unspecified atom stereocenters. The van der Waals surface area contributed by atoms with Gasteiger partial charge in [-0.3, -0.25) is 4.79 Å². The molecule has 0 atom stereocenters. The summed E-state index contributed by atoms with van der Waals surface area (Å²) in [5.41, 5.74) is 8.99. The number of nitrogens with one attached hydrogen (secondary N) is 1. The standard InChI is InChI=1S/C5H6N4O2/c6-1-3(4(7)10)2-9-5(8)11/h2H,(H2,7,10)(H3,8,9,11)/b3-2-. The van der Waals surface area contributed by atoms with Gasteiger partial charge >= 0.3 is 6.03 Å². The van der Waals surface area contributed by atoms with Crippen LogP contribution in [0.5, 0.6) is 0 Å². The summed E-state index contributed by atoms with van der Waals surface area (Å²) < 4.78 is 0. The SMILES string of the molecule is N#C/C(=C/NC(N)=O)C(N)=O. The maximum Gasteiger partial charge on any atom is 0.316 e. The number of primary amides is 2. The second-order valence-electron chi connectivity index (χ2n) is 1.54. The molecular formula is C5H6N4O2. The monoisotopic (exact) mass is 154 g/mol. The van der Waals surface area contributed by atoms with Gasteiger partial charge in [0.15, 0.2) is 0 Å². The normalized spacial score (nSPS) is 9.91. The predicted octanol–water partition coefficient (Wildman–Crippen LogP) is -1.45. The van der Waals surface area contributed by atoms with Gasteiger partial charge in [0.25, 0.3) is 5.91 Å². The Kier molecular flexibility index (Phi) is 3.18. The Labute approximate surface area is 62.5 Å². The molecule has 0 fully saturated rings. The first-order valence-corrected chi connectivity index (χ1v) is 2.54. The summed E-state index contributed by atoms with van der Waals surface area (Å²) in [6.45, 7) is 0. The molecule has 5 N–H and O–H groups in total. The molecule has 0 saturated carbocycles. The largest absolute Gasteiger partial charge is 0.365 e. The van der Waals surface area contributed by atoms with Crippen LogP contribution in [0, 0.1) is 11.3 Å². The quantitative estimate of drug-likeness (QED) is 0.333. The number of carbonyl (C=O) groups excluding carboxylic acids is 2. The number of nitriles is 1. The van der Waals surface area contributed by atoms with Crippen molar-refractivity contribution in [1.29, 1.82) is 5.26 Å². The van der Waals surface area contributed by atoms with Crippen LogP contribution in [0.25, 0.3) is 0 Å². The van der Waals surface area contributed by atoms with Crippen molar-refractivity contribution < 1.29 is 9.59 Å². The first-order valence-electron chi connectivity index (χ1n) is 2.54. The number of nitrogens with two attached hydrogens (primary N) is 2. The van der Waals surface area contributed by atoms with Crippen LogP contribution in [-0.4, -0.2) is 11.9 Å². The average Bonchev–Trinajstić information content (AvgIpc) is 1.87. The molecule has 0 aromatic heterocycles. The van der Waals surface area contributed by atoms with Crippen molar-refractivity contribution in [3.63, 3.8) is 0 Å². The van der Waals surface area contributed by atoms with Gasteiger partial charge in [-0.2, -0.15) is 5.26 Å². The molecule has 6 nitrogen and oxygen atoms in total. The lowest BCUT2D eigenvalue weighted by atomic mass is 10.3. The number of urea groups is 1. The van der Waals surface area contributed by atoms with Crippen molar-refractivity contribution in [1.82, 2.24) is 5.32 Å². The number of hydrogen-bond acceptors (Lipinski definition) is 3. The topological polar surface area (TPSA) is 122 Å². The summed E-state index contributed by atoms with van der Waals surface area (Å²) >= 11 is 0. The van der Waals surface area contributed by atoms with Crippen LogP contribution in [0.15, 0.2) is 11.8 Å². The van der Waals surface area contributed by atoms with E-state index >= 15 is 0 Å². The number of carbonyl (C=O) groups is 2. The lowest BCUT2D eigenvalue weighted by Gasteiger charge is -1.91. The van der Waals surface area contributed by atoms with Gasteiger partial charge in [0.2, 0.25) is 0 Å². The smallest absolute Gasteiger partial charge is 0.316 e. The van der Waals surface area contributed by atoms with E-state index in [1.165, 1.54) is 6.07 Å². The minimum Gasteiger partial charge on any atom is -0.365 e. The summed E-state index contributed by atoms with van der Waals surface area (Å²) in [6, 6.07) is 0.611. The summed E-state index contributed by atoms with van der Waals surface area (Å²) in [7, 11) is 0. The molecule has 0 spiro atoms. The Morgan fingerprint density at radius 1 is 1.45 bits per heavy atom. The molecule has 0 rings (SSSR count). The second kappa shape index (κ2) is 3.90. The first-order chi connectivity index (χ1) is 5.07. The molecule has 58 valence electrons. The van der Waals surface area contributed by atoms with E-state index in [0.29, 0.717) is 0 Å². The van der Waals surface area contributed by atoms with Crippen LogP contribution in [0.3, 0.4) is 0 Å². The minimum atomic E-state index is -0.916. The van der Waals surface area contributed by atoms with Crippen LogP contribution in [0.4, 0.5) is 4.79 Å². The maximum atomic E-state index is 10.3. The van der Waals surface area contributed by atoms with Gasteiger partial charge in [0.05, 0.1) is 0 Å². The second-order valence-corrected chi connectivity index (χ2v) is 1.54. The van der Waals surface area contributed by atoms with Gasteiger partial charge < -0.3 is 16.8 Å². The molecule has 0 saturated heterocycles. The average molecular weight is 154 g/mol. The summed E-state index contributed by atoms with van der Waals surface area (Å²) in [5, 5.41) is 10.1. The molecule has 0 aromatic rings. The van der Waals surface area contributed by atoms with Gasteiger partial charge in [-0.15, -0.1) is 0 Å². The van der Waals surface area contributed by atoms with E-state index in [9.17, 15) is 9.59 Å². The Hall–Kier alpha value is -2.03. The highest BCUT2D eigenvalue weighted by atomic mass is 16.2. The molecule has 0 radical (unpaired) electrons. The van der Waals surface area contributed by atoms with Crippen molar-refractivity contribution in [2.75, 3.05) is 0 Å². The Morgan fingerprint density at radius 3 is 2.27 bits per heavy atom. The molecular weight excluding hydrogens is 148 g/mol. The fourth-order valence-electron chi connectivity index (χ4n) is 0.302. The summed E-state index contributed by atoms with van der Waals surface area (Å²) in [6.07, 6.45) is 0.852. The molecule has 6 heteroatoms. The number of amides is 3. The van der Waals surface area contributed by atoms with Crippen LogP contribution >= 0.6 is 0 Å². The van der Waals surface area contributed by atoms with Gasteiger partial charge in [0, 0.05) is 6.20 Å². The Morgan fingerprint density at radius 2 is 2.00 bits per heavy atom. The first kappa shape index (κ1) is 8.97. The van der Waals surface area contributed by atoms with E-state index in [-0.39, 0.29) is 5.57 Å². The van der Waals surface area contributed by atoms with Crippen LogP contribution < -0.4 is 16.8 Å². The lowest BCUT2D eigenvalue weighted by molar-refractivity contribution is -0.114. The third kappa shape index (κ3) is 3.53. The van der Waals surface area contributed by atoms with Gasteiger partial charge in [-0.05, 0) is 0 Å². The third-order valence-electron chi connectivity index (χ3n) is 0.745. The molecule has 0 aromatic carbocycles. The van der Waals surface area contributed by atoms with Crippen LogP contribution in [0.1, 0.15) is 0 Å². The van der Waals surface area contributed by atoms with E-state index in [1.54, 1.807) is 0 Å². The fourth-order valence-corrected chi connectivity index (χ4v) is 0.302. The highest BCUT2D eigenvalue weighted by Crippen LogP contribution is 1.85. The number of hydrogen-bond donors (Lipinski definition) is 3. The van der Waals surface area contributed by atoms with Crippen molar-refractivity contribution in [3.8, 4) is 6.07 Å². The van der Waals surface area contributed by atoms with E-state index in [4.69, 9.17) is 11.0 Å². The van der Waals surface area contributed by atoms with E-state index in [1.807, 2.05) is 5.32 Å². The molecule has 0 aliphatic rings. The Balaban J connectivity index is 4.28. The van der Waals surface area contributed by atoms with Gasteiger partial charge in [-0.1, -0.05) is 0 Å². The molecule has 3 amide bonds. The van der Waals surface area contributed by atoms with Crippen molar-refractivity contribution in [3.05, 3.63) is 11.8 Å². The van der Waals surface area contributed by atoms with Crippen molar-refractivity contribution in [2.24, 2.45) is 11.5 Å². The van der Waals surface area contributed by atoms with Crippen LogP contribution in [0.2, 0.25) is 0 Å². The molecule has 0 aliphatic heterocycles. The Bertz CT molecular complexity index is 250. The van der Waals surface area contributed by atoms with Crippen LogP contribution in [-0.2, 0) is 4.79 Å². The lowest BCUT2D eigenvalue weighted by Crippen LogP contribution is -2.26. The fraction of sp³-hybridized carbons (Fsp3) is 0.